The van der Waals surface area contributed by atoms with E-state index in [0.717, 1.165) is 11.3 Å². The fraction of sp³-hybridized carbons (Fsp3) is 0.500. The third-order valence-electron chi connectivity index (χ3n) is 4.28. The number of fused-ring (bicyclic) bond motifs is 1. The molecule has 2 aliphatic heterocycles. The minimum atomic E-state index is -0.843. The Morgan fingerprint density at radius 2 is 2.13 bits per heavy atom. The summed E-state index contributed by atoms with van der Waals surface area (Å²) in [6, 6.07) is 5.03. The van der Waals surface area contributed by atoms with Gasteiger partial charge in [0.2, 0.25) is 12.7 Å². The van der Waals surface area contributed by atoms with Crippen LogP contribution < -0.4 is 14.8 Å². The molecule has 0 bridgehead atoms. The molecule has 2 atom stereocenters. The molecular weight excluding hydrogens is 300 g/mol. The molecule has 0 aromatic heterocycles. The number of aryl methyl sites for hydroxylation is 1. The van der Waals surface area contributed by atoms with Crippen molar-refractivity contribution in [2.75, 3.05) is 20.4 Å². The maximum absolute atomic E-state index is 12.1. The van der Waals surface area contributed by atoms with E-state index in [-0.39, 0.29) is 18.7 Å². The lowest BCUT2D eigenvalue weighted by Gasteiger charge is -2.13. The van der Waals surface area contributed by atoms with Crippen molar-refractivity contribution in [3.63, 3.8) is 0 Å². The average Bonchev–Trinajstić information content (AvgIpc) is 3.10. The predicted octanol–water partition coefficient (Wildman–Crippen LogP) is 0.621. The molecule has 3 rings (SSSR count). The number of carbonyl (C=O) groups excluding carboxylic acids is 1. The van der Waals surface area contributed by atoms with Crippen molar-refractivity contribution in [3.05, 3.63) is 23.8 Å². The van der Waals surface area contributed by atoms with E-state index in [1.165, 1.54) is 0 Å². The number of hydrogen-bond acceptors (Lipinski definition) is 5. The standard InChI is InChI=1S/C16H20N2O5/c1-18-8-11(7-12(18)16(20)21)17-15(19)5-3-10-2-4-13-14(6-10)23-9-22-13/h2,4,6,11-12H,3,5,7-9H2,1H3,(H,17,19)(H,20,21)/t11-,12-/m0/s1. The molecule has 1 amide bonds. The fourth-order valence-electron chi connectivity index (χ4n) is 3.05. The predicted molar refractivity (Wildman–Crippen MR) is 81.5 cm³/mol. The zero-order chi connectivity index (χ0) is 16.4. The van der Waals surface area contributed by atoms with Crippen LogP contribution in [0.15, 0.2) is 18.2 Å². The van der Waals surface area contributed by atoms with Gasteiger partial charge in [-0.3, -0.25) is 14.5 Å². The number of likely N-dealkylation sites (N-methyl/N-ethyl adjacent to an activating group) is 1. The molecule has 0 spiro atoms. The third kappa shape index (κ3) is 3.56. The van der Waals surface area contributed by atoms with E-state index in [1.54, 1.807) is 11.9 Å². The van der Waals surface area contributed by atoms with Crippen LogP contribution in [0.3, 0.4) is 0 Å². The summed E-state index contributed by atoms with van der Waals surface area (Å²) in [6.07, 6.45) is 1.41. The van der Waals surface area contributed by atoms with Gasteiger partial charge in [-0.25, -0.2) is 0 Å². The quantitative estimate of drug-likeness (QED) is 0.827. The molecule has 2 heterocycles. The molecule has 23 heavy (non-hydrogen) atoms. The number of benzene rings is 1. The first-order valence-corrected chi connectivity index (χ1v) is 7.64. The van der Waals surface area contributed by atoms with E-state index < -0.39 is 12.0 Å². The highest BCUT2D eigenvalue weighted by Gasteiger charge is 2.34. The third-order valence-corrected chi connectivity index (χ3v) is 4.28. The number of amides is 1. The van der Waals surface area contributed by atoms with Crippen LogP contribution in [-0.2, 0) is 16.0 Å². The molecule has 0 aliphatic carbocycles. The summed E-state index contributed by atoms with van der Waals surface area (Å²) in [7, 11) is 1.76. The van der Waals surface area contributed by atoms with Crippen LogP contribution in [0.2, 0.25) is 0 Å². The van der Waals surface area contributed by atoms with Gasteiger partial charge in [0.1, 0.15) is 6.04 Å². The van der Waals surface area contributed by atoms with Crippen LogP contribution >= 0.6 is 0 Å². The Kier molecular flexibility index (Phi) is 4.38. The number of aliphatic carboxylic acids is 1. The monoisotopic (exact) mass is 320 g/mol. The van der Waals surface area contributed by atoms with Crippen LogP contribution in [0.1, 0.15) is 18.4 Å². The van der Waals surface area contributed by atoms with E-state index in [4.69, 9.17) is 14.6 Å². The van der Waals surface area contributed by atoms with Crippen LogP contribution in [0.25, 0.3) is 0 Å². The summed E-state index contributed by atoms with van der Waals surface area (Å²) in [6.45, 7) is 0.798. The highest BCUT2D eigenvalue weighted by molar-refractivity contribution is 5.77. The van der Waals surface area contributed by atoms with E-state index in [9.17, 15) is 9.59 Å². The molecule has 1 fully saturated rings. The molecule has 0 radical (unpaired) electrons. The van der Waals surface area contributed by atoms with Crippen LogP contribution in [0.4, 0.5) is 0 Å². The van der Waals surface area contributed by atoms with E-state index in [0.29, 0.717) is 31.6 Å². The molecule has 2 aliphatic rings. The zero-order valence-electron chi connectivity index (χ0n) is 12.9. The minimum absolute atomic E-state index is 0.0629. The molecule has 7 nitrogen and oxygen atoms in total. The van der Waals surface area contributed by atoms with Gasteiger partial charge in [0.05, 0.1) is 0 Å². The Balaban J connectivity index is 1.48. The molecule has 0 saturated carbocycles. The highest BCUT2D eigenvalue weighted by Crippen LogP contribution is 2.32. The largest absolute Gasteiger partial charge is 0.480 e. The van der Waals surface area contributed by atoms with Gasteiger partial charge in [0.25, 0.3) is 0 Å². The van der Waals surface area contributed by atoms with Crippen molar-refractivity contribution in [1.29, 1.82) is 0 Å². The van der Waals surface area contributed by atoms with Crippen LogP contribution in [0, 0.1) is 0 Å². The molecule has 7 heteroatoms. The lowest BCUT2D eigenvalue weighted by Crippen LogP contribution is -2.36. The maximum Gasteiger partial charge on any atom is 0.320 e. The summed E-state index contributed by atoms with van der Waals surface area (Å²) in [4.78, 5) is 24.9. The van der Waals surface area contributed by atoms with Crippen LogP contribution in [-0.4, -0.2) is 54.4 Å². The lowest BCUT2D eigenvalue weighted by atomic mass is 10.1. The van der Waals surface area contributed by atoms with Gasteiger partial charge >= 0.3 is 5.97 Å². The average molecular weight is 320 g/mol. The number of nitrogens with zero attached hydrogens (tertiary/aromatic N) is 1. The number of ether oxygens (including phenoxy) is 2. The molecule has 1 aromatic carbocycles. The van der Waals surface area contributed by atoms with Gasteiger partial charge in [0.15, 0.2) is 11.5 Å². The SMILES string of the molecule is CN1C[C@@H](NC(=O)CCc2ccc3c(c2)OCO3)C[C@H]1C(=O)O. The van der Waals surface area contributed by atoms with Gasteiger partial charge in [-0.15, -0.1) is 0 Å². The highest BCUT2D eigenvalue weighted by atomic mass is 16.7. The minimum Gasteiger partial charge on any atom is -0.480 e. The Morgan fingerprint density at radius 1 is 1.35 bits per heavy atom. The topological polar surface area (TPSA) is 88.1 Å². The first-order chi connectivity index (χ1) is 11.0. The van der Waals surface area contributed by atoms with Crippen molar-refractivity contribution in [2.45, 2.75) is 31.3 Å². The van der Waals surface area contributed by atoms with E-state index in [2.05, 4.69) is 5.32 Å². The zero-order valence-corrected chi connectivity index (χ0v) is 12.9. The number of nitrogens with one attached hydrogen (secondary N) is 1. The second kappa shape index (κ2) is 6.45. The Bertz CT molecular complexity index is 618. The van der Waals surface area contributed by atoms with Gasteiger partial charge in [-0.1, -0.05) is 6.07 Å². The fourth-order valence-corrected chi connectivity index (χ4v) is 3.05. The smallest absolute Gasteiger partial charge is 0.320 e. The molecule has 0 unspecified atom stereocenters. The molecule has 124 valence electrons. The number of rotatable bonds is 5. The van der Waals surface area contributed by atoms with Crippen LogP contribution in [0.5, 0.6) is 11.5 Å². The summed E-state index contributed by atoms with van der Waals surface area (Å²) in [5.41, 5.74) is 1.01. The molecule has 2 N–H and O–H groups in total. The lowest BCUT2D eigenvalue weighted by molar-refractivity contribution is -0.141. The normalized spacial score (nSPS) is 23.0. The first-order valence-electron chi connectivity index (χ1n) is 7.64. The number of hydrogen-bond donors (Lipinski definition) is 2. The van der Waals surface area contributed by atoms with E-state index >= 15 is 0 Å². The molecule has 1 saturated heterocycles. The van der Waals surface area contributed by atoms with Crippen molar-refractivity contribution in [3.8, 4) is 11.5 Å². The summed E-state index contributed by atoms with van der Waals surface area (Å²) < 4.78 is 10.6. The Labute approximate surface area is 134 Å². The van der Waals surface area contributed by atoms with Crippen molar-refractivity contribution < 1.29 is 24.2 Å². The Morgan fingerprint density at radius 3 is 2.87 bits per heavy atom. The van der Waals surface area contributed by atoms with Gasteiger partial charge in [-0.05, 0) is 37.6 Å². The second-order valence-corrected chi connectivity index (χ2v) is 5.98. The maximum atomic E-state index is 12.1. The Hall–Kier alpha value is -2.28. The van der Waals surface area contributed by atoms with Gasteiger partial charge < -0.3 is 19.9 Å². The van der Waals surface area contributed by atoms with Crippen molar-refractivity contribution in [2.24, 2.45) is 0 Å². The van der Waals surface area contributed by atoms with Crippen molar-refractivity contribution >= 4 is 11.9 Å². The summed E-state index contributed by atoms with van der Waals surface area (Å²) in [5, 5.41) is 12.0. The molecular formula is C16H20N2O5. The number of carboxylic acid groups (broad SMARTS) is 1. The van der Waals surface area contributed by atoms with Crippen molar-refractivity contribution in [1.82, 2.24) is 10.2 Å². The summed E-state index contributed by atoms with van der Waals surface area (Å²) >= 11 is 0. The second-order valence-electron chi connectivity index (χ2n) is 5.98. The number of carboxylic acids is 1. The molecule has 1 aromatic rings. The number of carbonyl (C=O) groups is 2. The van der Waals surface area contributed by atoms with Gasteiger partial charge in [-0.2, -0.15) is 0 Å². The van der Waals surface area contributed by atoms with Gasteiger partial charge in [0, 0.05) is 19.0 Å². The first kappa shape index (κ1) is 15.6. The number of likely N-dealkylation sites (tertiary alicyclic amines) is 1. The van der Waals surface area contributed by atoms with E-state index in [1.807, 2.05) is 18.2 Å². The summed E-state index contributed by atoms with van der Waals surface area (Å²) in [5.74, 6) is 0.535.